The molecule has 4 heterocycles. The molecule has 1 saturated heterocycles. The van der Waals surface area contributed by atoms with Crippen LogP contribution in [0.3, 0.4) is 0 Å². The maximum Gasteiger partial charge on any atom is 0.272 e. The molecule has 0 spiro atoms. The summed E-state index contributed by atoms with van der Waals surface area (Å²) >= 11 is 12.3. The lowest BCUT2D eigenvalue weighted by atomic mass is 9.88. The van der Waals surface area contributed by atoms with Crippen LogP contribution in [-0.2, 0) is 4.79 Å². The highest BCUT2D eigenvalue weighted by molar-refractivity contribution is 6.34. The summed E-state index contributed by atoms with van der Waals surface area (Å²) in [5.74, 6) is -5.34. The number of amides is 1. The molecule has 1 amide bonds. The lowest BCUT2D eigenvalue weighted by Crippen LogP contribution is -2.49. The van der Waals surface area contributed by atoms with Gasteiger partial charge in [0.2, 0.25) is 5.91 Å². The number of nitriles is 1. The highest BCUT2D eigenvalue weighted by Crippen LogP contribution is 2.42. The summed E-state index contributed by atoms with van der Waals surface area (Å²) in [5, 5.41) is 9.24. The Hall–Kier alpha value is -4.34. The molecule has 2 aliphatic rings. The van der Waals surface area contributed by atoms with E-state index in [1.807, 2.05) is 26.8 Å². The van der Waals surface area contributed by atoms with E-state index in [4.69, 9.17) is 28.9 Å². The topological polar surface area (TPSA) is 121 Å². The van der Waals surface area contributed by atoms with Crippen LogP contribution in [0.4, 0.5) is 24.5 Å². The Morgan fingerprint density at radius 1 is 1.18 bits per heavy atom. The molecule has 45 heavy (non-hydrogen) atoms. The molecule has 0 saturated carbocycles. The SMILES string of the molecule is C=CC(=O)N1CCN(c2c(C#N)c(=O)n(C3C(C(C)C)=NC=C[C@H]3C)c3nc(-c4c(N)c(F)c(Cl)c(F)c4F)c(Cl)cc23)CC1. The second-order valence-corrected chi connectivity index (χ2v) is 11.9. The number of nitrogen functional groups attached to an aromatic ring is 1. The average Bonchev–Trinajstić information content (AvgIpc) is 3.02. The summed E-state index contributed by atoms with van der Waals surface area (Å²) in [6.45, 7) is 10.3. The number of nitrogens with two attached hydrogens (primary N) is 1. The summed E-state index contributed by atoms with van der Waals surface area (Å²) in [6, 6.07) is 2.69. The van der Waals surface area contributed by atoms with Crippen molar-refractivity contribution < 1.29 is 18.0 Å². The quantitative estimate of drug-likeness (QED) is 0.158. The average molecular weight is 659 g/mol. The van der Waals surface area contributed by atoms with Gasteiger partial charge in [0, 0.05) is 49.4 Å². The first-order valence-corrected chi connectivity index (χ1v) is 14.8. The molecule has 2 aromatic heterocycles. The minimum atomic E-state index is -1.68. The Morgan fingerprint density at radius 2 is 1.84 bits per heavy atom. The minimum absolute atomic E-state index is 0.0342. The normalized spacial score (nSPS) is 18.4. The van der Waals surface area contributed by atoms with E-state index in [9.17, 15) is 23.6 Å². The Bertz CT molecular complexity index is 1900. The summed E-state index contributed by atoms with van der Waals surface area (Å²) in [7, 11) is 0. The Balaban J connectivity index is 1.88. The number of aromatic nitrogens is 2. The minimum Gasteiger partial charge on any atom is -0.396 e. The van der Waals surface area contributed by atoms with E-state index < -0.39 is 51.0 Å². The number of hydrogen-bond acceptors (Lipinski definition) is 7. The molecule has 2 N–H and O–H groups in total. The number of benzene rings is 1. The van der Waals surface area contributed by atoms with Crippen LogP contribution in [0, 0.1) is 40.6 Å². The van der Waals surface area contributed by atoms with E-state index in [1.54, 1.807) is 22.1 Å². The van der Waals surface area contributed by atoms with Crippen molar-refractivity contribution in [3.05, 3.63) is 74.4 Å². The molecule has 0 radical (unpaired) electrons. The van der Waals surface area contributed by atoms with E-state index in [-0.39, 0.29) is 71.2 Å². The third kappa shape index (κ3) is 5.23. The number of hydrogen-bond donors (Lipinski definition) is 1. The Labute approximate surface area is 266 Å². The predicted molar refractivity (Wildman–Crippen MR) is 169 cm³/mol. The van der Waals surface area contributed by atoms with Crippen molar-refractivity contribution in [3.8, 4) is 17.3 Å². The van der Waals surface area contributed by atoms with Crippen molar-refractivity contribution in [1.82, 2.24) is 14.5 Å². The van der Waals surface area contributed by atoms with Crippen LogP contribution in [0.15, 0.2) is 40.8 Å². The molecular weight excluding hydrogens is 630 g/mol. The first-order valence-electron chi connectivity index (χ1n) is 14.0. The summed E-state index contributed by atoms with van der Waals surface area (Å²) in [4.78, 5) is 39.1. The second kappa shape index (κ2) is 12.2. The van der Waals surface area contributed by atoms with Gasteiger partial charge in [-0.2, -0.15) is 5.26 Å². The highest BCUT2D eigenvalue weighted by atomic mass is 35.5. The number of anilines is 2. The molecule has 2 atom stereocenters. The van der Waals surface area contributed by atoms with E-state index in [0.29, 0.717) is 5.71 Å². The molecular formula is C31H28Cl2F3N7O2. The molecule has 0 aliphatic carbocycles. The molecule has 0 bridgehead atoms. The summed E-state index contributed by atoms with van der Waals surface area (Å²) in [5.41, 5.74) is 3.76. The molecule has 3 aromatic rings. The number of nitrogens with zero attached hydrogens (tertiary/aromatic N) is 6. The number of aliphatic imine (C=N–C) groups is 1. The maximum absolute atomic E-state index is 15.4. The van der Waals surface area contributed by atoms with Gasteiger partial charge in [-0.1, -0.05) is 56.6 Å². The number of halogens is 5. The lowest BCUT2D eigenvalue weighted by molar-refractivity contribution is -0.126. The monoisotopic (exact) mass is 657 g/mol. The molecule has 1 fully saturated rings. The number of pyridine rings is 2. The summed E-state index contributed by atoms with van der Waals surface area (Å²) < 4.78 is 46.2. The van der Waals surface area contributed by atoms with Crippen LogP contribution >= 0.6 is 23.2 Å². The highest BCUT2D eigenvalue weighted by Gasteiger charge is 2.35. The van der Waals surface area contributed by atoms with Gasteiger partial charge in [0.25, 0.3) is 5.56 Å². The standard InChI is InChI=1S/C31H28Cl2F3N7O2/c1-5-19(44)41-8-10-42(11-9-41)29-16-12-18(32)27(20-22(34)23(35)21(33)24(36)25(20)38)40-30(16)43(31(45)17(29)13-37)28-15(4)6-7-39-26(28)14(2)3/h5-7,12,14-15,28H,1,8-11,38H2,2-4H3/t15-,28?/m1/s1. The smallest absolute Gasteiger partial charge is 0.272 e. The van der Waals surface area contributed by atoms with Crippen LogP contribution in [0.25, 0.3) is 22.3 Å². The number of allylic oxidation sites excluding steroid dienone is 1. The number of fused-ring (bicyclic) bond motifs is 1. The molecule has 1 unspecified atom stereocenters. The predicted octanol–water partition coefficient (Wildman–Crippen LogP) is 5.88. The van der Waals surface area contributed by atoms with Crippen molar-refractivity contribution in [2.24, 2.45) is 16.8 Å². The van der Waals surface area contributed by atoms with Crippen molar-refractivity contribution >= 4 is 57.2 Å². The molecule has 9 nitrogen and oxygen atoms in total. The van der Waals surface area contributed by atoms with Crippen LogP contribution < -0.4 is 16.2 Å². The molecule has 1 aromatic carbocycles. The first kappa shape index (κ1) is 32.1. The van der Waals surface area contributed by atoms with Gasteiger partial charge in [-0.3, -0.25) is 19.1 Å². The zero-order valence-electron chi connectivity index (χ0n) is 24.5. The number of carbonyl (C=O) groups excluding carboxylic acids is 1. The Morgan fingerprint density at radius 3 is 2.44 bits per heavy atom. The third-order valence-electron chi connectivity index (χ3n) is 8.13. The van der Waals surface area contributed by atoms with Crippen LogP contribution in [0.5, 0.6) is 0 Å². The van der Waals surface area contributed by atoms with E-state index >= 15 is 4.39 Å². The largest absolute Gasteiger partial charge is 0.396 e. The maximum atomic E-state index is 15.4. The van der Waals surface area contributed by atoms with Gasteiger partial charge in [0.1, 0.15) is 22.3 Å². The van der Waals surface area contributed by atoms with Gasteiger partial charge in [0.15, 0.2) is 17.5 Å². The fourth-order valence-corrected chi connectivity index (χ4v) is 6.32. The van der Waals surface area contributed by atoms with Crippen LogP contribution in [0.2, 0.25) is 10.0 Å². The zero-order chi connectivity index (χ0) is 32.9. The van der Waals surface area contributed by atoms with Crippen molar-refractivity contribution in [1.29, 1.82) is 5.26 Å². The molecule has 5 rings (SSSR count). The van der Waals surface area contributed by atoms with Gasteiger partial charge in [0.05, 0.1) is 33.7 Å². The number of carbonyl (C=O) groups is 1. The van der Waals surface area contributed by atoms with E-state index in [1.165, 1.54) is 16.7 Å². The van der Waals surface area contributed by atoms with E-state index in [2.05, 4.69) is 16.6 Å². The zero-order valence-corrected chi connectivity index (χ0v) is 26.1. The van der Waals surface area contributed by atoms with Gasteiger partial charge in [-0.15, -0.1) is 0 Å². The van der Waals surface area contributed by atoms with E-state index in [0.717, 1.165) is 0 Å². The fourth-order valence-electron chi connectivity index (χ4n) is 5.89. The van der Waals surface area contributed by atoms with Gasteiger partial charge >= 0.3 is 0 Å². The third-order valence-corrected chi connectivity index (χ3v) is 8.75. The van der Waals surface area contributed by atoms with Crippen molar-refractivity contribution in [3.63, 3.8) is 0 Å². The fraction of sp³-hybridized carbons (Fsp3) is 0.323. The molecule has 2 aliphatic heterocycles. The first-order chi connectivity index (χ1) is 21.3. The van der Waals surface area contributed by atoms with Gasteiger partial charge in [-0.25, -0.2) is 18.2 Å². The Kier molecular flexibility index (Phi) is 8.70. The lowest BCUT2D eigenvalue weighted by Gasteiger charge is -2.37. The number of rotatable bonds is 5. The van der Waals surface area contributed by atoms with Crippen molar-refractivity contribution in [2.45, 2.75) is 26.8 Å². The van der Waals surface area contributed by atoms with Gasteiger partial charge in [-0.05, 0) is 18.1 Å². The van der Waals surface area contributed by atoms with Crippen LogP contribution in [0.1, 0.15) is 32.4 Å². The summed E-state index contributed by atoms with van der Waals surface area (Å²) in [6.07, 6.45) is 4.64. The van der Waals surface area contributed by atoms with Crippen LogP contribution in [-0.4, -0.2) is 52.2 Å². The van der Waals surface area contributed by atoms with Crippen molar-refractivity contribution in [2.75, 3.05) is 36.8 Å². The second-order valence-electron chi connectivity index (χ2n) is 11.1. The molecule has 14 heteroatoms. The van der Waals surface area contributed by atoms with Gasteiger partial charge < -0.3 is 15.5 Å². The molecule has 234 valence electrons. The number of piperazine rings is 1.